The molecule has 9 aromatic rings. The Hall–Kier alpha value is -6.55. The molecule has 0 radical (unpaired) electrons. The largest absolute Gasteiger partial charge is 0.228 e. The summed E-state index contributed by atoms with van der Waals surface area (Å²) in [4.78, 5) is 12.8. The van der Waals surface area contributed by atoms with E-state index in [2.05, 4.69) is 170 Å². The zero-order valence-electron chi connectivity index (χ0n) is 29.3. The SMILES string of the molecule is c1ccc(-c2cc(-c3cccc(-c4cccc5c4Sc4c(ccc6ccccc46)C54c5ccccc5-c5ccccc54)c3)nc(-c3ccccc3)n2)cc1. The molecule has 54 heavy (non-hydrogen) atoms. The van der Waals surface area contributed by atoms with Gasteiger partial charge in [0.15, 0.2) is 5.82 Å². The summed E-state index contributed by atoms with van der Waals surface area (Å²) in [5, 5.41) is 2.55. The van der Waals surface area contributed by atoms with Gasteiger partial charge >= 0.3 is 0 Å². The Morgan fingerprint density at radius 2 is 0.889 bits per heavy atom. The minimum Gasteiger partial charge on any atom is -0.228 e. The molecule has 1 aliphatic heterocycles. The second-order valence-corrected chi connectivity index (χ2v) is 15.1. The third kappa shape index (κ3) is 4.62. The van der Waals surface area contributed by atoms with E-state index in [0.717, 1.165) is 33.6 Å². The topological polar surface area (TPSA) is 25.8 Å². The quantitative estimate of drug-likeness (QED) is 0.182. The van der Waals surface area contributed by atoms with Crippen LogP contribution in [-0.2, 0) is 5.41 Å². The third-order valence-corrected chi connectivity index (χ3v) is 12.4. The molecule has 0 unspecified atom stereocenters. The van der Waals surface area contributed by atoms with E-state index in [1.807, 2.05) is 36.0 Å². The Kier molecular flexibility index (Phi) is 7.05. The first-order chi connectivity index (χ1) is 26.8. The van der Waals surface area contributed by atoms with Gasteiger partial charge < -0.3 is 0 Å². The van der Waals surface area contributed by atoms with Gasteiger partial charge in [0, 0.05) is 26.5 Å². The Balaban J connectivity index is 1.15. The molecular weight excluding hydrogens is 673 g/mol. The van der Waals surface area contributed by atoms with E-state index in [0.29, 0.717) is 5.82 Å². The molecule has 11 rings (SSSR count). The van der Waals surface area contributed by atoms with Gasteiger partial charge in [-0.15, -0.1) is 0 Å². The molecule has 0 amide bonds. The number of hydrogen-bond donors (Lipinski definition) is 0. The zero-order chi connectivity index (χ0) is 35.6. The fraction of sp³-hybridized carbons (Fsp3) is 0.0196. The Morgan fingerprint density at radius 1 is 0.352 bits per heavy atom. The summed E-state index contributed by atoms with van der Waals surface area (Å²) in [6.45, 7) is 0. The molecule has 0 saturated carbocycles. The summed E-state index contributed by atoms with van der Waals surface area (Å²) in [7, 11) is 0. The maximum atomic E-state index is 5.18. The van der Waals surface area contributed by atoms with E-state index < -0.39 is 5.41 Å². The highest BCUT2D eigenvalue weighted by molar-refractivity contribution is 8.00. The van der Waals surface area contributed by atoms with Crippen molar-refractivity contribution in [3.63, 3.8) is 0 Å². The first kappa shape index (κ1) is 31.0. The fourth-order valence-electron chi connectivity index (χ4n) is 8.79. The number of benzene rings is 8. The fourth-order valence-corrected chi connectivity index (χ4v) is 10.3. The van der Waals surface area contributed by atoms with Crippen molar-refractivity contribution in [3.8, 4) is 56.2 Å². The molecule has 2 nitrogen and oxygen atoms in total. The van der Waals surface area contributed by atoms with Crippen LogP contribution < -0.4 is 0 Å². The molecule has 3 heteroatoms. The van der Waals surface area contributed by atoms with E-state index >= 15 is 0 Å². The van der Waals surface area contributed by atoms with Crippen molar-refractivity contribution in [3.05, 3.63) is 216 Å². The van der Waals surface area contributed by atoms with Crippen molar-refractivity contribution < 1.29 is 0 Å². The van der Waals surface area contributed by atoms with Crippen LogP contribution in [0.1, 0.15) is 22.3 Å². The van der Waals surface area contributed by atoms with Crippen LogP contribution in [0.2, 0.25) is 0 Å². The summed E-state index contributed by atoms with van der Waals surface area (Å²) in [6, 6.07) is 70.2. The van der Waals surface area contributed by atoms with Gasteiger partial charge in [-0.25, -0.2) is 9.97 Å². The monoisotopic (exact) mass is 704 g/mol. The number of hydrogen-bond acceptors (Lipinski definition) is 3. The molecule has 8 aromatic carbocycles. The molecule has 252 valence electrons. The van der Waals surface area contributed by atoms with Gasteiger partial charge in [0.05, 0.1) is 16.8 Å². The van der Waals surface area contributed by atoms with Gasteiger partial charge in [-0.2, -0.15) is 0 Å². The van der Waals surface area contributed by atoms with E-state index in [1.165, 1.54) is 59.5 Å². The summed E-state index contributed by atoms with van der Waals surface area (Å²) in [5.41, 5.74) is 14.8. The van der Waals surface area contributed by atoms with Crippen LogP contribution in [0.25, 0.3) is 66.9 Å². The minimum atomic E-state index is -0.456. The molecule has 0 fully saturated rings. The van der Waals surface area contributed by atoms with Gasteiger partial charge in [-0.3, -0.25) is 0 Å². The lowest BCUT2D eigenvalue weighted by Gasteiger charge is -2.41. The van der Waals surface area contributed by atoms with Crippen LogP contribution in [-0.4, -0.2) is 9.97 Å². The number of rotatable bonds is 4. The maximum Gasteiger partial charge on any atom is 0.160 e. The van der Waals surface area contributed by atoms with Crippen LogP contribution in [0.5, 0.6) is 0 Å². The van der Waals surface area contributed by atoms with Crippen molar-refractivity contribution >= 4 is 22.5 Å². The van der Waals surface area contributed by atoms with Gasteiger partial charge in [0.2, 0.25) is 0 Å². The average molecular weight is 705 g/mol. The highest BCUT2D eigenvalue weighted by Crippen LogP contribution is 2.64. The lowest BCUT2D eigenvalue weighted by molar-refractivity contribution is 0.726. The molecule has 0 bridgehead atoms. The molecule has 1 spiro atoms. The second-order valence-electron chi connectivity index (χ2n) is 14.1. The summed E-state index contributed by atoms with van der Waals surface area (Å²) in [5.74, 6) is 0.717. The Labute approximate surface area is 318 Å². The van der Waals surface area contributed by atoms with Crippen molar-refractivity contribution in [2.24, 2.45) is 0 Å². The molecule has 1 aliphatic carbocycles. The molecule has 0 atom stereocenters. The molecule has 2 heterocycles. The minimum absolute atomic E-state index is 0.456. The summed E-state index contributed by atoms with van der Waals surface area (Å²) < 4.78 is 0. The maximum absolute atomic E-state index is 5.18. The molecular formula is C51H32N2S. The predicted octanol–water partition coefficient (Wildman–Crippen LogP) is 13.1. The average Bonchev–Trinajstić information content (AvgIpc) is 3.54. The van der Waals surface area contributed by atoms with Crippen molar-refractivity contribution in [1.29, 1.82) is 0 Å². The van der Waals surface area contributed by atoms with E-state index in [9.17, 15) is 0 Å². The summed E-state index contributed by atoms with van der Waals surface area (Å²) >= 11 is 1.92. The van der Waals surface area contributed by atoms with Crippen LogP contribution in [0.3, 0.4) is 0 Å². The zero-order valence-corrected chi connectivity index (χ0v) is 30.1. The Bertz CT molecular complexity index is 2810. The normalized spacial score (nSPS) is 13.3. The highest BCUT2D eigenvalue weighted by atomic mass is 32.2. The van der Waals surface area contributed by atoms with Gasteiger partial charge in [-0.05, 0) is 67.4 Å². The smallest absolute Gasteiger partial charge is 0.160 e. The number of fused-ring (bicyclic) bond motifs is 11. The van der Waals surface area contributed by atoms with Crippen molar-refractivity contribution in [2.75, 3.05) is 0 Å². The van der Waals surface area contributed by atoms with Crippen molar-refractivity contribution in [1.82, 2.24) is 9.97 Å². The highest BCUT2D eigenvalue weighted by Gasteiger charge is 2.50. The van der Waals surface area contributed by atoms with Gasteiger partial charge in [0.1, 0.15) is 0 Å². The lowest BCUT2D eigenvalue weighted by Crippen LogP contribution is -2.32. The molecule has 0 N–H and O–H groups in total. The first-order valence-electron chi connectivity index (χ1n) is 18.4. The van der Waals surface area contributed by atoms with Crippen LogP contribution in [0, 0.1) is 0 Å². The lowest BCUT2D eigenvalue weighted by atomic mass is 9.66. The summed E-state index contributed by atoms with van der Waals surface area (Å²) in [6.07, 6.45) is 0. The second kappa shape index (κ2) is 12.3. The number of aromatic nitrogens is 2. The van der Waals surface area contributed by atoms with Crippen molar-refractivity contribution in [2.45, 2.75) is 15.2 Å². The van der Waals surface area contributed by atoms with Crippen LogP contribution in [0.15, 0.2) is 204 Å². The first-order valence-corrected chi connectivity index (χ1v) is 19.2. The van der Waals surface area contributed by atoms with Gasteiger partial charge in [0.25, 0.3) is 0 Å². The predicted molar refractivity (Wildman–Crippen MR) is 223 cm³/mol. The van der Waals surface area contributed by atoms with E-state index in [4.69, 9.17) is 9.97 Å². The standard InChI is InChI=1S/C51H32N2S/c1-3-16-34(17-4-1)46-32-47(53-50(52-46)35-18-5-2-6-19-35)37-21-13-20-36(31-37)39-25-14-28-44-49(39)54-48-38-22-8-7-15-33(38)29-30-45(48)51(44)42-26-11-9-23-40(42)41-24-10-12-27-43(41)51/h1-32H. The molecule has 1 aromatic heterocycles. The molecule has 0 saturated heterocycles. The van der Waals surface area contributed by atoms with Gasteiger partial charge in [-0.1, -0.05) is 194 Å². The van der Waals surface area contributed by atoms with E-state index in [-0.39, 0.29) is 0 Å². The third-order valence-electron chi connectivity index (χ3n) is 11.2. The molecule has 2 aliphatic rings. The van der Waals surface area contributed by atoms with Crippen LogP contribution in [0.4, 0.5) is 0 Å². The van der Waals surface area contributed by atoms with E-state index in [1.54, 1.807) is 0 Å². The Morgan fingerprint density at radius 3 is 1.65 bits per heavy atom. The van der Waals surface area contributed by atoms with Crippen LogP contribution >= 0.6 is 11.8 Å². The number of nitrogens with zero attached hydrogens (tertiary/aromatic N) is 2.